The molecule has 3 amide bonds. The number of halogens is 1. The number of carbonyl (C=O) groups is 2. The zero-order chi connectivity index (χ0) is 30.1. The Morgan fingerprint density at radius 3 is 2.37 bits per heavy atom. The molecule has 3 aromatic rings. The molecule has 2 aliphatic carbocycles. The van der Waals surface area contributed by atoms with E-state index in [1.165, 1.54) is 23.3 Å². The van der Waals surface area contributed by atoms with Gasteiger partial charge in [-0.2, -0.15) is 0 Å². The average Bonchev–Trinajstić information content (AvgIpc) is 3.40. The zero-order valence-corrected chi connectivity index (χ0v) is 25.4. The van der Waals surface area contributed by atoms with Gasteiger partial charge in [-0.05, 0) is 98.4 Å². The first kappa shape index (κ1) is 29.2. The molecule has 5 atom stereocenters. The van der Waals surface area contributed by atoms with E-state index in [4.69, 9.17) is 4.74 Å². The van der Waals surface area contributed by atoms with Crippen molar-refractivity contribution in [1.29, 1.82) is 0 Å². The molecule has 3 aromatic carbocycles. The minimum atomic E-state index is -0.329. The van der Waals surface area contributed by atoms with Crippen LogP contribution in [0.3, 0.4) is 0 Å². The zero-order valence-electron chi connectivity index (χ0n) is 25.4. The molecule has 6 rings (SSSR count). The second-order valence-corrected chi connectivity index (χ2v) is 12.4. The molecule has 1 aliphatic heterocycles. The molecule has 0 bridgehead atoms. The Kier molecular flexibility index (Phi) is 8.17. The molecule has 1 unspecified atom stereocenters. The lowest BCUT2D eigenvalue weighted by Gasteiger charge is -2.40. The van der Waals surface area contributed by atoms with Crippen LogP contribution in [0.2, 0.25) is 0 Å². The van der Waals surface area contributed by atoms with Gasteiger partial charge >= 0.3 is 6.03 Å². The van der Waals surface area contributed by atoms with Crippen molar-refractivity contribution in [3.63, 3.8) is 0 Å². The summed E-state index contributed by atoms with van der Waals surface area (Å²) in [6.45, 7) is 8.71. The molecule has 6 nitrogen and oxygen atoms in total. The van der Waals surface area contributed by atoms with Crippen LogP contribution < -0.4 is 9.64 Å². The van der Waals surface area contributed by atoms with E-state index in [-0.39, 0.29) is 47.1 Å². The van der Waals surface area contributed by atoms with Crippen molar-refractivity contribution in [3.8, 4) is 5.75 Å². The van der Waals surface area contributed by atoms with Crippen LogP contribution in [-0.2, 0) is 11.2 Å². The van der Waals surface area contributed by atoms with Gasteiger partial charge in [0.15, 0.2) is 0 Å². The molecule has 0 N–H and O–H groups in total. The van der Waals surface area contributed by atoms with Crippen molar-refractivity contribution in [2.45, 2.75) is 64.5 Å². The summed E-state index contributed by atoms with van der Waals surface area (Å²) in [5, 5.41) is 0. The van der Waals surface area contributed by atoms with Crippen molar-refractivity contribution >= 4 is 17.6 Å². The van der Waals surface area contributed by atoms with Crippen LogP contribution in [0.4, 0.5) is 14.9 Å². The van der Waals surface area contributed by atoms with Crippen molar-refractivity contribution in [1.82, 2.24) is 9.80 Å². The topological polar surface area (TPSA) is 53.1 Å². The van der Waals surface area contributed by atoms with E-state index in [9.17, 15) is 14.0 Å². The standard InChI is InChI=1S/C36H42FN3O3/c1-4-38(5-2)34(41)31-23-32-33(22-30-29-15-10-9-12-25(29)24-36(30,31)3)40(27-18-16-26(37)17-19-27)35(42)39(32)20-11-21-43-28-13-7-6-8-14-28/h6-10,12-19,30-33H,4-5,11,20-24H2,1-3H3/t30?,31-,32-,33+,36+/m1/s1. The van der Waals surface area contributed by atoms with E-state index in [2.05, 4.69) is 31.2 Å². The lowest BCUT2D eigenvalue weighted by molar-refractivity contribution is -0.140. The van der Waals surface area contributed by atoms with Gasteiger partial charge < -0.3 is 14.5 Å². The van der Waals surface area contributed by atoms with Crippen molar-refractivity contribution in [3.05, 3.63) is 95.8 Å². The smallest absolute Gasteiger partial charge is 0.325 e. The molecule has 1 saturated carbocycles. The van der Waals surface area contributed by atoms with Crippen LogP contribution in [0.25, 0.3) is 0 Å². The number of anilines is 1. The minimum Gasteiger partial charge on any atom is -0.494 e. The minimum absolute atomic E-state index is 0.0785. The van der Waals surface area contributed by atoms with Crippen LogP contribution in [0.1, 0.15) is 57.1 Å². The van der Waals surface area contributed by atoms with Gasteiger partial charge in [-0.3, -0.25) is 9.69 Å². The summed E-state index contributed by atoms with van der Waals surface area (Å²) >= 11 is 0. The molecule has 0 aromatic heterocycles. The number of nitrogens with zero attached hydrogens (tertiary/aromatic N) is 3. The third-order valence-corrected chi connectivity index (χ3v) is 10.2. The van der Waals surface area contributed by atoms with Crippen LogP contribution in [-0.4, -0.2) is 60.1 Å². The van der Waals surface area contributed by atoms with Crippen molar-refractivity contribution < 1.29 is 18.7 Å². The van der Waals surface area contributed by atoms with Crippen LogP contribution >= 0.6 is 0 Å². The molecule has 7 heteroatoms. The molecule has 0 radical (unpaired) electrons. The lowest BCUT2D eigenvalue weighted by Crippen LogP contribution is -2.47. The first-order chi connectivity index (χ1) is 20.9. The normalized spacial score (nSPS) is 26.0. The quantitative estimate of drug-likeness (QED) is 0.258. The SMILES string of the molecule is CCN(CC)C(=O)[C@H]1C[C@@H]2[C@H](CC3c4ccccc4C[C@@]31C)N(c1ccc(F)cc1)C(=O)N2CCCOc1ccccc1. The van der Waals surface area contributed by atoms with E-state index in [1.54, 1.807) is 12.1 Å². The molecule has 3 aliphatic rings. The molecule has 1 saturated heterocycles. The number of carbonyl (C=O) groups excluding carboxylic acids is 2. The summed E-state index contributed by atoms with van der Waals surface area (Å²) in [5.41, 5.74) is 3.03. The summed E-state index contributed by atoms with van der Waals surface area (Å²) in [7, 11) is 0. The van der Waals surface area contributed by atoms with Crippen molar-refractivity contribution in [2.24, 2.45) is 11.3 Å². The number of amides is 3. The fourth-order valence-corrected chi connectivity index (χ4v) is 8.03. The number of ether oxygens (including phenoxy) is 1. The molecule has 2 fully saturated rings. The molecule has 226 valence electrons. The Morgan fingerprint density at radius 1 is 0.953 bits per heavy atom. The number of fused-ring (bicyclic) bond motifs is 4. The highest BCUT2D eigenvalue weighted by molar-refractivity contribution is 5.96. The van der Waals surface area contributed by atoms with Gasteiger partial charge in [0.1, 0.15) is 11.6 Å². The summed E-state index contributed by atoms with van der Waals surface area (Å²) < 4.78 is 20.0. The monoisotopic (exact) mass is 583 g/mol. The second-order valence-electron chi connectivity index (χ2n) is 12.4. The molecule has 0 spiro atoms. The van der Waals surface area contributed by atoms with Crippen molar-refractivity contribution in [2.75, 3.05) is 31.1 Å². The highest BCUT2D eigenvalue weighted by Crippen LogP contribution is 2.59. The largest absolute Gasteiger partial charge is 0.494 e. The van der Waals surface area contributed by atoms with Gasteiger partial charge in [-0.15, -0.1) is 0 Å². The fourth-order valence-electron chi connectivity index (χ4n) is 8.03. The maximum atomic E-state index is 14.3. The Labute approximate surface area is 254 Å². The Balaban J connectivity index is 1.37. The molecular weight excluding hydrogens is 541 g/mol. The molecular formula is C36H42FN3O3. The third-order valence-electron chi connectivity index (χ3n) is 10.2. The summed E-state index contributed by atoms with van der Waals surface area (Å²) in [6.07, 6.45) is 2.87. The summed E-state index contributed by atoms with van der Waals surface area (Å²) in [5.74, 6) is 0.555. The Morgan fingerprint density at radius 2 is 1.65 bits per heavy atom. The van der Waals surface area contributed by atoms with Gasteiger partial charge in [0.2, 0.25) is 5.91 Å². The maximum absolute atomic E-state index is 14.3. The van der Waals surface area contributed by atoms with Crippen LogP contribution in [0.5, 0.6) is 5.75 Å². The number of para-hydroxylation sites is 1. The number of urea groups is 1. The average molecular weight is 584 g/mol. The maximum Gasteiger partial charge on any atom is 0.325 e. The Bertz CT molecular complexity index is 1440. The number of benzene rings is 3. The van der Waals surface area contributed by atoms with E-state index in [0.29, 0.717) is 44.8 Å². The van der Waals surface area contributed by atoms with Gasteiger partial charge in [0, 0.05) is 31.2 Å². The van der Waals surface area contributed by atoms with Gasteiger partial charge in [0.25, 0.3) is 0 Å². The predicted octanol–water partition coefficient (Wildman–Crippen LogP) is 6.90. The summed E-state index contributed by atoms with van der Waals surface area (Å²) in [4.78, 5) is 34.5. The van der Waals surface area contributed by atoms with Gasteiger partial charge in [0.05, 0.1) is 18.7 Å². The summed E-state index contributed by atoms with van der Waals surface area (Å²) in [6, 6.07) is 24.2. The number of hydrogen-bond acceptors (Lipinski definition) is 3. The first-order valence-corrected chi connectivity index (χ1v) is 15.8. The Hall–Kier alpha value is -3.87. The molecule has 1 heterocycles. The molecule has 43 heavy (non-hydrogen) atoms. The van der Waals surface area contributed by atoms with E-state index in [1.807, 2.05) is 58.9 Å². The van der Waals surface area contributed by atoms with Crippen LogP contribution in [0, 0.1) is 17.2 Å². The lowest BCUT2D eigenvalue weighted by atomic mass is 9.66. The van der Waals surface area contributed by atoms with E-state index < -0.39 is 0 Å². The van der Waals surface area contributed by atoms with E-state index >= 15 is 0 Å². The van der Waals surface area contributed by atoms with Gasteiger partial charge in [-0.1, -0.05) is 49.4 Å². The van der Waals surface area contributed by atoms with Crippen LogP contribution in [0.15, 0.2) is 78.9 Å². The van der Waals surface area contributed by atoms with E-state index in [0.717, 1.165) is 18.6 Å². The second kappa shape index (κ2) is 12.0. The number of hydrogen-bond donors (Lipinski definition) is 0. The van der Waals surface area contributed by atoms with Gasteiger partial charge in [-0.25, -0.2) is 9.18 Å². The highest BCUT2D eigenvalue weighted by Gasteiger charge is 2.59. The third kappa shape index (κ3) is 5.28. The number of rotatable bonds is 9. The highest BCUT2D eigenvalue weighted by atomic mass is 19.1. The predicted molar refractivity (Wildman–Crippen MR) is 167 cm³/mol. The fraction of sp³-hybridized carbons (Fsp3) is 0.444. The first-order valence-electron chi connectivity index (χ1n) is 15.8.